The van der Waals surface area contributed by atoms with Gasteiger partial charge in [0, 0.05) is 18.1 Å². The van der Waals surface area contributed by atoms with E-state index in [-0.39, 0.29) is 17.8 Å². The number of amides is 1. The normalized spacial score (nSPS) is 13.9. The van der Waals surface area contributed by atoms with Gasteiger partial charge in [0.1, 0.15) is 11.4 Å². The van der Waals surface area contributed by atoms with Crippen molar-refractivity contribution in [3.63, 3.8) is 0 Å². The van der Waals surface area contributed by atoms with E-state index in [0.717, 1.165) is 29.5 Å². The molecule has 0 bridgehead atoms. The molecule has 0 atom stereocenters. The van der Waals surface area contributed by atoms with Crippen molar-refractivity contribution in [2.45, 2.75) is 25.8 Å². The number of pyridine rings is 2. The molecule has 27 heavy (non-hydrogen) atoms. The average molecular weight is 387 g/mol. The lowest BCUT2D eigenvalue weighted by Crippen LogP contribution is -2.35. The molecule has 1 fully saturated rings. The minimum atomic E-state index is -1.27. The van der Waals surface area contributed by atoms with Gasteiger partial charge in [-0.3, -0.25) is 19.3 Å². The molecule has 3 aromatic rings. The van der Waals surface area contributed by atoms with Gasteiger partial charge in [-0.05, 0) is 24.5 Å². The van der Waals surface area contributed by atoms with Crippen molar-refractivity contribution in [3.8, 4) is 5.75 Å². The third-order valence-electron chi connectivity index (χ3n) is 4.78. The molecular formula is C18H17N3O5S. The van der Waals surface area contributed by atoms with Crippen molar-refractivity contribution in [2.24, 2.45) is 5.92 Å². The van der Waals surface area contributed by atoms with E-state index in [1.54, 1.807) is 16.8 Å². The Balaban J connectivity index is 2.00. The number of hydrogen-bond acceptors (Lipinski definition) is 6. The van der Waals surface area contributed by atoms with Crippen molar-refractivity contribution in [2.75, 3.05) is 11.4 Å². The smallest absolute Gasteiger partial charge is 0.323 e. The number of fused-ring (bicyclic) bond motifs is 3. The van der Waals surface area contributed by atoms with Gasteiger partial charge >= 0.3 is 5.97 Å². The lowest BCUT2D eigenvalue weighted by molar-refractivity contribution is -0.136. The van der Waals surface area contributed by atoms with E-state index >= 15 is 0 Å². The quantitative estimate of drug-likeness (QED) is 0.601. The summed E-state index contributed by atoms with van der Waals surface area (Å²) in [5.74, 6) is -1.08. The molecule has 3 heterocycles. The third-order valence-corrected chi connectivity index (χ3v) is 5.88. The Labute approximate surface area is 157 Å². The number of carboxylic acid groups (broad SMARTS) is 1. The van der Waals surface area contributed by atoms with Crippen LogP contribution in [0.25, 0.3) is 20.4 Å². The highest BCUT2D eigenvalue weighted by molar-refractivity contribution is 7.25. The Hall–Kier alpha value is -2.94. The number of aromatic hydroxyl groups is 1. The number of nitrogens with zero attached hydrogens (tertiary/aromatic N) is 3. The highest BCUT2D eigenvalue weighted by atomic mass is 32.1. The van der Waals surface area contributed by atoms with E-state index in [0.29, 0.717) is 27.5 Å². The van der Waals surface area contributed by atoms with Crippen LogP contribution in [0.5, 0.6) is 5.75 Å². The van der Waals surface area contributed by atoms with Gasteiger partial charge in [-0.2, -0.15) is 0 Å². The Bertz CT molecular complexity index is 1120. The van der Waals surface area contributed by atoms with Crippen molar-refractivity contribution >= 4 is 49.8 Å². The van der Waals surface area contributed by atoms with Crippen LogP contribution in [0.4, 0.5) is 5.69 Å². The zero-order valence-electron chi connectivity index (χ0n) is 14.3. The maximum atomic E-state index is 13.2. The largest absolute Gasteiger partial charge is 0.504 e. The van der Waals surface area contributed by atoms with Crippen molar-refractivity contribution in [1.29, 1.82) is 0 Å². The Morgan fingerprint density at radius 1 is 1.44 bits per heavy atom. The summed E-state index contributed by atoms with van der Waals surface area (Å²) in [7, 11) is 0. The number of aryl methyl sites for hydroxylation is 1. The first-order valence-electron chi connectivity index (χ1n) is 8.58. The molecule has 0 aliphatic heterocycles. The summed E-state index contributed by atoms with van der Waals surface area (Å²) < 4.78 is 1.97. The molecule has 4 rings (SSSR count). The van der Waals surface area contributed by atoms with Crippen LogP contribution in [-0.4, -0.2) is 38.7 Å². The fourth-order valence-corrected chi connectivity index (χ4v) is 4.38. The molecule has 1 saturated carbocycles. The third kappa shape index (κ3) is 3.03. The maximum Gasteiger partial charge on any atom is 0.323 e. The van der Waals surface area contributed by atoms with Gasteiger partial charge in [0.05, 0.1) is 10.2 Å². The predicted molar refractivity (Wildman–Crippen MR) is 101 cm³/mol. The second kappa shape index (κ2) is 6.66. The average Bonchev–Trinajstić information content (AvgIpc) is 3.39. The Morgan fingerprint density at radius 3 is 2.89 bits per heavy atom. The van der Waals surface area contributed by atoms with Gasteiger partial charge in [-0.15, -0.1) is 11.3 Å². The number of hydrogen-bond donors (Lipinski definition) is 2. The van der Waals surface area contributed by atoms with Gasteiger partial charge in [0.25, 0.3) is 5.56 Å². The van der Waals surface area contributed by atoms with Crippen LogP contribution >= 0.6 is 11.3 Å². The Kier molecular flexibility index (Phi) is 4.31. The fourth-order valence-electron chi connectivity index (χ4n) is 3.29. The van der Waals surface area contributed by atoms with Gasteiger partial charge in [-0.1, -0.05) is 12.8 Å². The maximum absolute atomic E-state index is 13.2. The van der Waals surface area contributed by atoms with Crippen molar-refractivity contribution in [3.05, 3.63) is 28.7 Å². The summed E-state index contributed by atoms with van der Waals surface area (Å²) in [6, 6.07) is 3.60. The van der Waals surface area contributed by atoms with Gasteiger partial charge in [0.2, 0.25) is 6.41 Å². The Morgan fingerprint density at radius 2 is 2.22 bits per heavy atom. The van der Waals surface area contributed by atoms with E-state index < -0.39 is 18.1 Å². The zero-order valence-corrected chi connectivity index (χ0v) is 15.1. The van der Waals surface area contributed by atoms with E-state index in [1.807, 2.05) is 6.07 Å². The first-order chi connectivity index (χ1) is 13.0. The molecule has 8 nitrogen and oxygen atoms in total. The number of carbonyl (C=O) groups is 2. The zero-order chi connectivity index (χ0) is 19.1. The summed E-state index contributed by atoms with van der Waals surface area (Å²) in [5.41, 5.74) is -0.295. The number of thiophene rings is 1. The molecule has 140 valence electrons. The molecule has 2 N–H and O–H groups in total. The summed E-state index contributed by atoms with van der Waals surface area (Å²) in [6.07, 6.45) is 4.97. The topological polar surface area (TPSA) is 113 Å². The van der Waals surface area contributed by atoms with Crippen LogP contribution < -0.4 is 10.5 Å². The number of rotatable bonds is 7. The summed E-state index contributed by atoms with van der Waals surface area (Å²) in [6.45, 7) is -0.267. The van der Waals surface area contributed by atoms with Crippen LogP contribution in [0.2, 0.25) is 0 Å². The molecule has 0 radical (unpaired) electrons. The number of anilines is 1. The number of aromatic nitrogens is 2. The van der Waals surface area contributed by atoms with Crippen LogP contribution in [-0.2, 0) is 16.1 Å². The van der Waals surface area contributed by atoms with Crippen LogP contribution in [0.3, 0.4) is 0 Å². The molecule has 0 saturated heterocycles. The van der Waals surface area contributed by atoms with Crippen LogP contribution in [0.15, 0.2) is 23.1 Å². The van der Waals surface area contributed by atoms with Crippen molar-refractivity contribution in [1.82, 2.24) is 9.55 Å². The molecule has 3 aromatic heterocycles. The van der Waals surface area contributed by atoms with Crippen molar-refractivity contribution < 1.29 is 19.8 Å². The number of aliphatic carboxylic acids is 1. The highest BCUT2D eigenvalue weighted by Crippen LogP contribution is 2.41. The minimum absolute atomic E-state index is 0.257. The molecule has 0 unspecified atom stereocenters. The van der Waals surface area contributed by atoms with Crippen LogP contribution in [0, 0.1) is 5.92 Å². The SMILES string of the molecule is O=CN(CC(=O)O)c1c(O)c2sc3ncccc3c2n(CCC2CC2)c1=O. The van der Waals surface area contributed by atoms with E-state index in [9.17, 15) is 19.5 Å². The number of carboxylic acids is 1. The molecule has 1 aliphatic carbocycles. The van der Waals surface area contributed by atoms with E-state index in [1.165, 1.54) is 11.3 Å². The number of carbonyl (C=O) groups excluding carboxylic acids is 1. The predicted octanol–water partition coefficient (Wildman–Crippen LogP) is 2.16. The monoisotopic (exact) mass is 387 g/mol. The molecule has 1 amide bonds. The molecule has 1 aliphatic rings. The first kappa shape index (κ1) is 17.5. The highest BCUT2D eigenvalue weighted by Gasteiger charge is 2.27. The first-order valence-corrected chi connectivity index (χ1v) is 9.39. The minimum Gasteiger partial charge on any atom is -0.504 e. The van der Waals surface area contributed by atoms with E-state index in [2.05, 4.69) is 4.98 Å². The molecule has 0 spiro atoms. The summed E-state index contributed by atoms with van der Waals surface area (Å²) >= 11 is 1.21. The van der Waals surface area contributed by atoms with Gasteiger partial charge in [0.15, 0.2) is 11.4 Å². The van der Waals surface area contributed by atoms with Gasteiger partial charge < -0.3 is 14.8 Å². The second-order valence-corrected chi connectivity index (χ2v) is 7.65. The summed E-state index contributed by atoms with van der Waals surface area (Å²) in [5, 5.41) is 20.5. The van der Waals surface area contributed by atoms with Crippen LogP contribution in [0.1, 0.15) is 19.3 Å². The van der Waals surface area contributed by atoms with E-state index in [4.69, 9.17) is 5.11 Å². The molecule has 9 heteroatoms. The fraction of sp³-hybridized carbons (Fsp3) is 0.333. The summed E-state index contributed by atoms with van der Waals surface area (Å²) in [4.78, 5) is 41.4. The molecule has 0 aromatic carbocycles. The lowest BCUT2D eigenvalue weighted by Gasteiger charge is -2.19. The lowest BCUT2D eigenvalue weighted by atomic mass is 10.2. The second-order valence-electron chi connectivity index (χ2n) is 6.65. The standard InChI is InChI=1S/C18H17N3O5S/c22-9-20(8-12(23)24)14-15(25)16-13(11-2-1-6-19-17(11)27-16)21(18(14)26)7-5-10-3-4-10/h1-2,6,9-10,25H,3-5,7-8H2,(H,23,24). The molecular weight excluding hydrogens is 370 g/mol. The van der Waals surface area contributed by atoms with Gasteiger partial charge in [-0.25, -0.2) is 4.98 Å².